The third-order valence-corrected chi connectivity index (χ3v) is 9.37. The zero-order valence-electron chi connectivity index (χ0n) is 26.0. The van der Waals surface area contributed by atoms with Crippen molar-refractivity contribution in [3.05, 3.63) is 82.8 Å². The number of carbonyl (C=O) groups excluding carboxylic acids is 3. The molecule has 4 aromatic rings. The topological polar surface area (TPSA) is 167 Å². The van der Waals surface area contributed by atoms with Gasteiger partial charge in [0.15, 0.2) is 23.4 Å². The Kier molecular flexibility index (Phi) is 6.83. The molecule has 1 spiro atoms. The number of carbonyl (C=O) groups is 3. The molecule has 4 aliphatic heterocycles. The van der Waals surface area contributed by atoms with E-state index in [4.69, 9.17) is 28.0 Å². The maximum atomic E-state index is 14.0. The molecule has 1 fully saturated rings. The third kappa shape index (κ3) is 4.51. The summed E-state index contributed by atoms with van der Waals surface area (Å²) in [5.41, 5.74) is 2.48. The van der Waals surface area contributed by atoms with Crippen molar-refractivity contribution in [1.29, 1.82) is 0 Å². The molecule has 0 aliphatic carbocycles. The number of hydrogen-bond donors (Lipinski definition) is 3. The van der Waals surface area contributed by atoms with Crippen LogP contribution < -0.4 is 20.7 Å². The van der Waals surface area contributed by atoms with Gasteiger partial charge in [0, 0.05) is 24.3 Å². The molecule has 47 heavy (non-hydrogen) atoms. The first kappa shape index (κ1) is 29.2. The Morgan fingerprint density at radius 1 is 1.11 bits per heavy atom. The van der Waals surface area contributed by atoms with E-state index in [2.05, 4.69) is 20.9 Å². The predicted molar refractivity (Wildman–Crippen MR) is 164 cm³/mol. The largest absolute Gasteiger partial charge is 0.469 e. The van der Waals surface area contributed by atoms with Crippen LogP contribution in [0.15, 0.2) is 57.6 Å². The van der Waals surface area contributed by atoms with Gasteiger partial charge in [-0.15, -0.1) is 0 Å². The number of anilines is 1. The van der Waals surface area contributed by atoms with E-state index in [0.717, 1.165) is 28.8 Å². The van der Waals surface area contributed by atoms with Crippen molar-refractivity contribution < 1.29 is 37.4 Å². The Labute approximate surface area is 269 Å². The number of esters is 1. The summed E-state index contributed by atoms with van der Waals surface area (Å²) >= 11 is 0. The van der Waals surface area contributed by atoms with Gasteiger partial charge in [0.25, 0.3) is 0 Å². The van der Waals surface area contributed by atoms with Crippen molar-refractivity contribution in [2.75, 3.05) is 19.0 Å². The zero-order valence-corrected chi connectivity index (χ0v) is 26.0. The third-order valence-electron chi connectivity index (χ3n) is 9.37. The van der Waals surface area contributed by atoms with Crippen LogP contribution in [0.25, 0.3) is 11.6 Å². The number of hydrogen-bond acceptors (Lipinski definition) is 11. The van der Waals surface area contributed by atoms with E-state index in [1.165, 1.54) is 13.4 Å². The molecule has 0 radical (unpaired) electrons. The van der Waals surface area contributed by atoms with Gasteiger partial charge in [-0.05, 0) is 42.0 Å². The van der Waals surface area contributed by atoms with E-state index in [0.29, 0.717) is 24.5 Å². The van der Waals surface area contributed by atoms with Gasteiger partial charge in [-0.25, -0.2) is 14.8 Å². The minimum absolute atomic E-state index is 0.0289. The van der Waals surface area contributed by atoms with Crippen LogP contribution in [0.2, 0.25) is 0 Å². The van der Waals surface area contributed by atoms with Gasteiger partial charge >= 0.3 is 5.97 Å². The molecule has 2 amide bonds. The first-order chi connectivity index (χ1) is 22.8. The van der Waals surface area contributed by atoms with Gasteiger partial charge in [-0.2, -0.15) is 0 Å². The van der Waals surface area contributed by atoms with Gasteiger partial charge in [0.2, 0.25) is 23.6 Å². The minimum atomic E-state index is -1.07. The SMILES string of the molecule is COC(=O)c1coc(-c2nc3oc2C24c5ccccc5NC2Oc2ccc(cc24)C[C@H](NC(=O)[C@@H]2CCCO2)C(=O)N[C@H]3C(C)C)n1. The molecule has 2 aromatic heterocycles. The number of amides is 2. The van der Waals surface area contributed by atoms with Gasteiger partial charge in [-0.3, -0.25) is 9.59 Å². The summed E-state index contributed by atoms with van der Waals surface area (Å²) < 4.78 is 29.7. The van der Waals surface area contributed by atoms with E-state index in [9.17, 15) is 14.4 Å². The summed E-state index contributed by atoms with van der Waals surface area (Å²) in [6.07, 6.45) is 1.58. The molecule has 6 heterocycles. The quantitative estimate of drug-likeness (QED) is 0.273. The normalized spacial score (nSPS) is 25.5. The number of nitrogens with zero attached hydrogens (tertiary/aromatic N) is 2. The molecule has 3 N–H and O–H groups in total. The molecule has 13 heteroatoms. The Morgan fingerprint density at radius 3 is 2.74 bits per heavy atom. The second-order valence-corrected chi connectivity index (χ2v) is 12.6. The minimum Gasteiger partial charge on any atom is -0.469 e. The van der Waals surface area contributed by atoms with Gasteiger partial charge < -0.3 is 39.0 Å². The zero-order chi connectivity index (χ0) is 32.4. The van der Waals surface area contributed by atoms with E-state index in [1.807, 2.05) is 56.3 Å². The van der Waals surface area contributed by atoms with E-state index in [-0.39, 0.29) is 41.4 Å². The molecule has 2 aromatic carbocycles. The average Bonchev–Trinajstić information content (AvgIpc) is 3.89. The van der Waals surface area contributed by atoms with Gasteiger partial charge in [0.05, 0.1) is 7.11 Å². The maximum absolute atomic E-state index is 14.0. The molecular formula is C34H33N5O8. The van der Waals surface area contributed by atoms with Gasteiger partial charge in [-0.1, -0.05) is 44.2 Å². The van der Waals surface area contributed by atoms with E-state index < -0.39 is 41.7 Å². The first-order valence-corrected chi connectivity index (χ1v) is 15.7. The highest BCUT2D eigenvalue weighted by atomic mass is 16.5. The molecule has 5 atom stereocenters. The monoisotopic (exact) mass is 639 g/mol. The summed E-state index contributed by atoms with van der Waals surface area (Å²) in [5, 5.41) is 9.56. The molecule has 0 saturated carbocycles. The number of oxazole rings is 2. The fourth-order valence-electron chi connectivity index (χ4n) is 7.08. The van der Waals surface area contributed by atoms with Crippen LogP contribution in [0.5, 0.6) is 5.75 Å². The first-order valence-electron chi connectivity index (χ1n) is 15.7. The molecule has 4 aliphatic rings. The number of fused-ring (bicyclic) bond motifs is 4. The van der Waals surface area contributed by atoms with Crippen molar-refractivity contribution >= 4 is 23.5 Å². The smallest absolute Gasteiger partial charge is 0.360 e. The highest BCUT2D eigenvalue weighted by Gasteiger charge is 2.61. The number of nitrogens with one attached hydrogen (secondary N) is 3. The Morgan fingerprint density at radius 2 is 1.96 bits per heavy atom. The van der Waals surface area contributed by atoms with Crippen LogP contribution >= 0.6 is 0 Å². The van der Waals surface area contributed by atoms with Crippen molar-refractivity contribution in [3.63, 3.8) is 0 Å². The number of benzene rings is 2. The molecule has 2 unspecified atom stereocenters. The number of para-hydroxylation sites is 1. The van der Waals surface area contributed by atoms with Crippen LogP contribution in [-0.2, 0) is 30.9 Å². The number of aromatic nitrogens is 2. The molecule has 242 valence electrons. The number of rotatable bonds is 5. The van der Waals surface area contributed by atoms with Crippen molar-refractivity contribution in [3.8, 4) is 17.3 Å². The van der Waals surface area contributed by atoms with Crippen LogP contribution in [0.4, 0.5) is 5.69 Å². The molecular weight excluding hydrogens is 606 g/mol. The highest BCUT2D eigenvalue weighted by Crippen LogP contribution is 2.59. The lowest BCUT2D eigenvalue weighted by Gasteiger charge is -2.29. The van der Waals surface area contributed by atoms with Crippen LogP contribution in [0.3, 0.4) is 0 Å². The lowest BCUT2D eigenvalue weighted by Crippen LogP contribution is -2.51. The summed E-state index contributed by atoms with van der Waals surface area (Å²) in [6, 6.07) is 12.0. The maximum Gasteiger partial charge on any atom is 0.360 e. The summed E-state index contributed by atoms with van der Waals surface area (Å²) in [7, 11) is 1.26. The Balaban J connectivity index is 1.35. The second-order valence-electron chi connectivity index (χ2n) is 12.6. The summed E-state index contributed by atoms with van der Waals surface area (Å²) in [6.45, 7) is 4.38. The summed E-state index contributed by atoms with van der Waals surface area (Å²) in [4.78, 5) is 48.9. The van der Waals surface area contributed by atoms with Crippen LogP contribution in [0, 0.1) is 5.92 Å². The average molecular weight is 640 g/mol. The highest BCUT2D eigenvalue weighted by molar-refractivity contribution is 5.90. The standard InChI is InChI=1S/C34H33N5O8/c1-16(2)25-31-39-26(30-36-22(15-45-30)32(42)43-3)27(47-31)34-18-7-4-5-8-20(18)37-33(34)46-23-11-10-17(13-19(23)34)14-21(28(40)38-25)35-29(41)24-9-6-12-44-24/h4-5,7-8,10-11,13,15-16,21,24-25,33,37H,6,9,12,14H2,1-3H3,(H,35,41)(H,38,40)/t21-,24-,25-,33?,34?/m0/s1. The van der Waals surface area contributed by atoms with Gasteiger partial charge in [0.1, 0.15) is 35.6 Å². The van der Waals surface area contributed by atoms with Crippen molar-refractivity contribution in [2.45, 2.75) is 62.9 Å². The molecule has 1 saturated heterocycles. The van der Waals surface area contributed by atoms with Crippen LogP contribution in [-0.4, -0.2) is 59.8 Å². The molecule has 13 nitrogen and oxygen atoms in total. The number of methoxy groups -OCH3 is 1. The van der Waals surface area contributed by atoms with Crippen molar-refractivity contribution in [1.82, 2.24) is 20.6 Å². The lowest BCUT2D eigenvalue weighted by atomic mass is 9.72. The number of ether oxygens (including phenoxy) is 3. The molecule has 8 rings (SSSR count). The van der Waals surface area contributed by atoms with Crippen LogP contribution in [0.1, 0.15) is 71.6 Å². The lowest BCUT2D eigenvalue weighted by molar-refractivity contribution is -0.135. The van der Waals surface area contributed by atoms with E-state index in [1.54, 1.807) is 0 Å². The fraction of sp³-hybridized carbons (Fsp3) is 0.382. The summed E-state index contributed by atoms with van der Waals surface area (Å²) in [5.74, 6) is -0.299. The predicted octanol–water partition coefficient (Wildman–Crippen LogP) is 3.63. The molecule has 4 bridgehead atoms. The Bertz CT molecular complexity index is 1910. The Hall–Kier alpha value is -5.17. The second kappa shape index (κ2) is 11.0. The van der Waals surface area contributed by atoms with Crippen molar-refractivity contribution in [2.24, 2.45) is 5.92 Å². The van der Waals surface area contributed by atoms with E-state index >= 15 is 0 Å². The fourth-order valence-corrected chi connectivity index (χ4v) is 7.08.